The second-order valence-electron chi connectivity index (χ2n) is 6.25. The Labute approximate surface area is 160 Å². The fraction of sp³-hybridized carbons (Fsp3) is 0.263. The van der Waals surface area contributed by atoms with Gasteiger partial charge in [0, 0.05) is 11.6 Å². The van der Waals surface area contributed by atoms with Crippen LogP contribution in [0.1, 0.15) is 24.7 Å². The van der Waals surface area contributed by atoms with Gasteiger partial charge in [-0.3, -0.25) is 4.79 Å². The summed E-state index contributed by atoms with van der Waals surface area (Å²) in [5.41, 5.74) is 1.89. The number of ether oxygens (including phenoxy) is 1. The van der Waals surface area contributed by atoms with Crippen LogP contribution in [-0.2, 0) is 4.79 Å². The van der Waals surface area contributed by atoms with Crippen LogP contribution in [0, 0.1) is 0 Å². The normalized spacial score (nSPS) is 17.0. The lowest BCUT2D eigenvalue weighted by molar-refractivity contribution is -0.134. The average Bonchev–Trinajstić information content (AvgIpc) is 3.27. The minimum absolute atomic E-state index is 0.0563. The number of halogens is 2. The Balaban J connectivity index is 1.48. The van der Waals surface area contributed by atoms with Crippen molar-refractivity contribution in [2.45, 2.75) is 18.9 Å². The van der Waals surface area contributed by atoms with Crippen molar-refractivity contribution in [1.29, 1.82) is 0 Å². The quantitative estimate of drug-likeness (QED) is 0.708. The van der Waals surface area contributed by atoms with Crippen LogP contribution in [0.25, 0.3) is 11.0 Å². The van der Waals surface area contributed by atoms with E-state index in [1.54, 1.807) is 18.2 Å². The first kappa shape index (κ1) is 17.2. The van der Waals surface area contributed by atoms with Crippen LogP contribution in [0.4, 0.5) is 0 Å². The highest BCUT2D eigenvalue weighted by Crippen LogP contribution is 2.32. The van der Waals surface area contributed by atoms with Crippen LogP contribution in [0.3, 0.4) is 0 Å². The molecule has 1 fully saturated rings. The number of likely N-dealkylation sites (tertiary alicyclic amines) is 1. The van der Waals surface area contributed by atoms with E-state index >= 15 is 0 Å². The molecule has 5 nitrogen and oxygen atoms in total. The predicted molar refractivity (Wildman–Crippen MR) is 102 cm³/mol. The van der Waals surface area contributed by atoms with Crippen LogP contribution in [0.5, 0.6) is 5.75 Å². The molecule has 134 valence electrons. The van der Waals surface area contributed by atoms with Crippen LogP contribution in [0.15, 0.2) is 42.5 Å². The molecule has 0 saturated carbocycles. The Hall–Kier alpha value is -2.24. The van der Waals surface area contributed by atoms with Gasteiger partial charge in [0.25, 0.3) is 5.91 Å². The standard InChI is InChI=1S/C19H17Cl2N3O2/c20-12-7-8-17(13(21)10-12)26-11-18(25)24-9-3-6-16(24)19-22-14-4-1-2-5-15(14)23-19/h1-2,4-5,7-8,10,16H,3,6,9,11H2,(H,22,23)/t16-/m1/s1. The third-order valence-electron chi connectivity index (χ3n) is 4.54. The number of carbonyl (C=O) groups is 1. The van der Waals surface area contributed by atoms with Gasteiger partial charge in [0.05, 0.1) is 22.1 Å². The largest absolute Gasteiger partial charge is 0.482 e. The van der Waals surface area contributed by atoms with Gasteiger partial charge in [0.2, 0.25) is 0 Å². The predicted octanol–water partition coefficient (Wildman–Crippen LogP) is 4.61. The zero-order chi connectivity index (χ0) is 18.1. The number of hydrogen-bond acceptors (Lipinski definition) is 3. The third-order valence-corrected chi connectivity index (χ3v) is 5.07. The average molecular weight is 390 g/mol. The summed E-state index contributed by atoms with van der Waals surface area (Å²) in [5, 5.41) is 0.915. The zero-order valence-corrected chi connectivity index (χ0v) is 15.4. The van der Waals surface area contributed by atoms with Crippen molar-refractivity contribution in [3.63, 3.8) is 0 Å². The molecule has 2 heterocycles. The lowest BCUT2D eigenvalue weighted by Crippen LogP contribution is -2.34. The first-order valence-corrected chi connectivity index (χ1v) is 9.19. The van der Waals surface area contributed by atoms with E-state index in [1.807, 2.05) is 29.2 Å². The minimum Gasteiger partial charge on any atom is -0.482 e. The summed E-state index contributed by atoms with van der Waals surface area (Å²) in [7, 11) is 0. The summed E-state index contributed by atoms with van der Waals surface area (Å²) in [4.78, 5) is 22.5. The van der Waals surface area contributed by atoms with Crippen molar-refractivity contribution >= 4 is 40.1 Å². The first-order valence-electron chi connectivity index (χ1n) is 8.44. The summed E-state index contributed by atoms with van der Waals surface area (Å²) in [5.74, 6) is 1.18. The van der Waals surface area contributed by atoms with Gasteiger partial charge < -0.3 is 14.6 Å². The van der Waals surface area contributed by atoms with Crippen molar-refractivity contribution in [1.82, 2.24) is 14.9 Å². The minimum atomic E-state index is -0.0843. The summed E-state index contributed by atoms with van der Waals surface area (Å²) in [6.45, 7) is 0.621. The van der Waals surface area contributed by atoms with Crippen molar-refractivity contribution in [3.8, 4) is 5.75 Å². The van der Waals surface area contributed by atoms with Gasteiger partial charge in [0.1, 0.15) is 11.6 Å². The van der Waals surface area contributed by atoms with E-state index in [9.17, 15) is 4.79 Å². The summed E-state index contributed by atoms with van der Waals surface area (Å²) < 4.78 is 5.60. The number of para-hydroxylation sites is 2. The van der Waals surface area contributed by atoms with E-state index in [0.29, 0.717) is 22.3 Å². The fourth-order valence-corrected chi connectivity index (χ4v) is 3.76. The Morgan fingerprint density at radius 1 is 1.27 bits per heavy atom. The molecular formula is C19H17Cl2N3O2. The second kappa shape index (κ2) is 7.17. The Kier molecular flexibility index (Phi) is 4.74. The maximum Gasteiger partial charge on any atom is 0.261 e. The fourth-order valence-electron chi connectivity index (χ4n) is 3.29. The topological polar surface area (TPSA) is 58.2 Å². The number of hydrogen-bond donors (Lipinski definition) is 1. The molecule has 1 aromatic heterocycles. The van der Waals surface area contributed by atoms with Gasteiger partial charge in [-0.05, 0) is 43.2 Å². The van der Waals surface area contributed by atoms with Crippen LogP contribution in [-0.4, -0.2) is 33.9 Å². The van der Waals surface area contributed by atoms with Crippen molar-refractivity contribution in [2.75, 3.05) is 13.2 Å². The van der Waals surface area contributed by atoms with Gasteiger partial charge in [0.15, 0.2) is 6.61 Å². The van der Waals surface area contributed by atoms with Gasteiger partial charge in [-0.15, -0.1) is 0 Å². The number of H-pyrrole nitrogens is 1. The molecule has 1 aliphatic heterocycles. The number of carbonyl (C=O) groups excluding carboxylic acids is 1. The monoisotopic (exact) mass is 389 g/mol. The molecule has 1 aliphatic rings. The van der Waals surface area contributed by atoms with E-state index in [0.717, 1.165) is 29.7 Å². The highest BCUT2D eigenvalue weighted by atomic mass is 35.5. The molecule has 3 aromatic rings. The number of amides is 1. The molecule has 4 rings (SSSR count). The second-order valence-corrected chi connectivity index (χ2v) is 7.09. The van der Waals surface area contributed by atoms with Crippen molar-refractivity contribution in [2.24, 2.45) is 0 Å². The maximum atomic E-state index is 12.7. The van der Waals surface area contributed by atoms with Gasteiger partial charge >= 0.3 is 0 Å². The van der Waals surface area contributed by atoms with E-state index in [-0.39, 0.29) is 18.6 Å². The number of benzene rings is 2. The van der Waals surface area contributed by atoms with Crippen LogP contribution < -0.4 is 4.74 Å². The van der Waals surface area contributed by atoms with Crippen LogP contribution >= 0.6 is 23.2 Å². The summed E-state index contributed by atoms with van der Waals surface area (Å²) in [6, 6.07) is 12.7. The first-order chi connectivity index (χ1) is 12.6. The number of nitrogens with zero attached hydrogens (tertiary/aromatic N) is 2. The Morgan fingerprint density at radius 2 is 2.12 bits per heavy atom. The molecule has 7 heteroatoms. The molecule has 0 radical (unpaired) electrons. The number of aromatic amines is 1. The van der Waals surface area contributed by atoms with Crippen molar-refractivity contribution in [3.05, 3.63) is 58.3 Å². The molecule has 1 atom stereocenters. The number of fused-ring (bicyclic) bond motifs is 1. The maximum absolute atomic E-state index is 12.7. The number of aromatic nitrogens is 2. The lowest BCUT2D eigenvalue weighted by atomic mass is 10.2. The van der Waals surface area contributed by atoms with E-state index in [1.165, 1.54) is 0 Å². The molecule has 1 saturated heterocycles. The van der Waals surface area contributed by atoms with E-state index < -0.39 is 0 Å². The van der Waals surface area contributed by atoms with E-state index in [2.05, 4.69) is 9.97 Å². The van der Waals surface area contributed by atoms with Gasteiger partial charge in [-0.2, -0.15) is 0 Å². The molecule has 1 amide bonds. The molecular weight excluding hydrogens is 373 g/mol. The Bertz CT molecular complexity index is 924. The number of imidazole rings is 1. The molecule has 0 spiro atoms. The third kappa shape index (κ3) is 3.37. The summed E-state index contributed by atoms with van der Waals surface area (Å²) >= 11 is 12.0. The smallest absolute Gasteiger partial charge is 0.261 e. The molecule has 2 aromatic carbocycles. The number of rotatable bonds is 4. The SMILES string of the molecule is O=C(COc1ccc(Cl)cc1Cl)N1CCC[C@@H]1c1nc2ccccc2[nH]1. The number of nitrogens with one attached hydrogen (secondary N) is 1. The molecule has 0 aliphatic carbocycles. The lowest BCUT2D eigenvalue weighted by Gasteiger charge is -2.23. The molecule has 0 unspecified atom stereocenters. The van der Waals surface area contributed by atoms with Crippen molar-refractivity contribution < 1.29 is 9.53 Å². The zero-order valence-electron chi connectivity index (χ0n) is 13.9. The highest BCUT2D eigenvalue weighted by molar-refractivity contribution is 6.35. The van der Waals surface area contributed by atoms with Gasteiger partial charge in [-0.25, -0.2) is 4.98 Å². The highest BCUT2D eigenvalue weighted by Gasteiger charge is 2.32. The van der Waals surface area contributed by atoms with Crippen LogP contribution in [0.2, 0.25) is 10.0 Å². The molecule has 26 heavy (non-hydrogen) atoms. The van der Waals surface area contributed by atoms with E-state index in [4.69, 9.17) is 27.9 Å². The molecule has 1 N–H and O–H groups in total. The Morgan fingerprint density at radius 3 is 2.92 bits per heavy atom. The molecule has 0 bridgehead atoms. The summed E-state index contributed by atoms with van der Waals surface area (Å²) in [6.07, 6.45) is 1.82. The van der Waals surface area contributed by atoms with Gasteiger partial charge in [-0.1, -0.05) is 35.3 Å².